The van der Waals surface area contributed by atoms with E-state index in [4.69, 9.17) is 14.9 Å². The van der Waals surface area contributed by atoms with Gasteiger partial charge in [-0.25, -0.2) is 14.6 Å². The minimum absolute atomic E-state index is 0.0143. The fourth-order valence-corrected chi connectivity index (χ4v) is 10.2. The zero-order chi connectivity index (χ0) is 53.5. The minimum Gasteiger partial charge on any atom is -0.467 e. The molecule has 0 bridgehead atoms. The number of carbonyl (C=O) groups excluding carboxylic acids is 8. The van der Waals surface area contributed by atoms with Crippen LogP contribution >= 0.6 is 28.4 Å². The predicted octanol–water partition coefficient (Wildman–Crippen LogP) is 1.89. The zero-order valence-corrected chi connectivity index (χ0v) is 45.1. The van der Waals surface area contributed by atoms with Crippen molar-refractivity contribution in [3.63, 3.8) is 0 Å². The molecule has 0 saturated carbocycles. The summed E-state index contributed by atoms with van der Waals surface area (Å²) in [4.78, 5) is 114. The Bertz CT molecular complexity index is 2410. The summed E-state index contributed by atoms with van der Waals surface area (Å²) in [6.45, 7) is 0.799. The molecule has 0 radical (unpaired) electrons. The van der Waals surface area contributed by atoms with Gasteiger partial charge in [0.1, 0.15) is 30.2 Å². The molecule has 8 amide bonds. The van der Waals surface area contributed by atoms with Crippen molar-refractivity contribution in [2.45, 2.75) is 107 Å². The molecule has 404 valence electrons. The first-order valence-corrected chi connectivity index (χ1v) is 29.3. The average Bonchev–Trinajstić information content (AvgIpc) is 4.25. The van der Waals surface area contributed by atoms with Gasteiger partial charge >= 0.3 is 12.0 Å². The molecule has 0 spiro atoms. The summed E-state index contributed by atoms with van der Waals surface area (Å²) >= 11 is 2.10. The van der Waals surface area contributed by atoms with Crippen LogP contribution < -0.4 is 42.4 Å². The molecule has 6 rings (SSSR count). The molecule has 3 saturated heterocycles. The van der Waals surface area contributed by atoms with E-state index in [1.807, 2.05) is 36.4 Å². The van der Waals surface area contributed by atoms with Crippen molar-refractivity contribution in [3.05, 3.63) is 108 Å². The Balaban J connectivity index is 1.16. The van der Waals surface area contributed by atoms with Crippen LogP contribution in [-0.2, 0) is 62.6 Å². The van der Waals surface area contributed by atoms with Crippen LogP contribution in [-0.4, -0.2) is 151 Å². The lowest BCUT2D eigenvalue weighted by atomic mass is 10.0. The van der Waals surface area contributed by atoms with Crippen molar-refractivity contribution >= 4 is 81.8 Å². The number of nitrogens with one attached hydrogen (secondary N) is 9. The Kier molecular flexibility index (Phi) is 23.3. The summed E-state index contributed by atoms with van der Waals surface area (Å²) < 4.78 is 11.0. The van der Waals surface area contributed by atoms with E-state index in [0.29, 0.717) is 56.3 Å². The van der Waals surface area contributed by atoms with Gasteiger partial charge in [0.05, 0.1) is 39.5 Å². The van der Waals surface area contributed by atoms with E-state index >= 15 is 0 Å². The molecular formula is C51H68IN12O10P. The maximum Gasteiger partial charge on any atom is 0.337 e. The largest absolute Gasteiger partial charge is 0.467 e. The van der Waals surface area contributed by atoms with E-state index in [1.165, 1.54) is 12.0 Å². The molecular weight excluding hydrogens is 1100 g/mol. The molecule has 9 N–H and O–H groups in total. The van der Waals surface area contributed by atoms with Crippen molar-refractivity contribution in [1.29, 1.82) is 5.41 Å². The maximum absolute atomic E-state index is 14.8. The highest BCUT2D eigenvalue weighted by molar-refractivity contribution is 14.2. The van der Waals surface area contributed by atoms with Gasteiger partial charge < -0.3 is 56.3 Å². The number of amides is 8. The van der Waals surface area contributed by atoms with E-state index in [1.54, 1.807) is 59.5 Å². The van der Waals surface area contributed by atoms with E-state index in [9.17, 15) is 38.4 Å². The Labute approximate surface area is 451 Å². The zero-order valence-electron chi connectivity index (χ0n) is 41.9. The van der Waals surface area contributed by atoms with Gasteiger partial charge in [-0.15, -0.1) is 0 Å². The summed E-state index contributed by atoms with van der Waals surface area (Å²) in [5.41, 5.74) is 4.84. The quantitative estimate of drug-likeness (QED) is 0.0118. The van der Waals surface area contributed by atoms with Crippen LogP contribution in [0.5, 0.6) is 0 Å². The van der Waals surface area contributed by atoms with E-state index in [2.05, 4.69) is 64.5 Å². The van der Waals surface area contributed by atoms with Crippen LogP contribution in [0.2, 0.25) is 0 Å². The number of urea groups is 1. The summed E-state index contributed by atoms with van der Waals surface area (Å²) in [5, 5.41) is 28.8. The molecule has 24 heteroatoms. The number of esters is 1. The number of hydrazine groups is 1. The molecule has 7 atom stereocenters. The topological polar surface area (TPSA) is 285 Å². The Hall–Kier alpha value is -6.43. The number of methoxy groups -OCH3 is 1. The van der Waals surface area contributed by atoms with Crippen molar-refractivity contribution in [3.8, 4) is 0 Å². The fourth-order valence-electron chi connectivity index (χ4n) is 9.17. The highest BCUT2D eigenvalue weighted by Gasteiger charge is 2.41. The Morgan fingerprint density at radius 1 is 0.760 bits per heavy atom. The highest BCUT2D eigenvalue weighted by atomic mass is 127. The lowest BCUT2D eigenvalue weighted by Gasteiger charge is -2.32. The molecule has 3 heterocycles. The number of guanidine groups is 1. The SMILES string of the molecule is COC(=O)[C@H](CCCNC(=N)NPI)NC(=O)N(Cc1ccccc1)NC(=O)[C@@H]1CCCN1C(=O)[C@H](COCc1ccccc1)NC(=O)[C@H](Cc1ccccc1)NC(=O)CNC(=O)[C@@H]1CCCN1C(=O)[C@@H]1CCCN1. The van der Waals surface area contributed by atoms with Crippen LogP contribution in [0.15, 0.2) is 91.0 Å². The van der Waals surface area contributed by atoms with Gasteiger partial charge in [0, 0.05) is 32.4 Å². The first-order chi connectivity index (χ1) is 36.3. The van der Waals surface area contributed by atoms with Crippen molar-refractivity contribution in [2.75, 3.05) is 46.4 Å². The van der Waals surface area contributed by atoms with Crippen molar-refractivity contribution in [2.24, 2.45) is 0 Å². The molecule has 22 nitrogen and oxygen atoms in total. The third-order valence-corrected chi connectivity index (χ3v) is 14.2. The third-order valence-electron chi connectivity index (χ3n) is 13.0. The predicted molar refractivity (Wildman–Crippen MR) is 289 cm³/mol. The second-order valence-electron chi connectivity index (χ2n) is 18.4. The fraction of sp³-hybridized carbons (Fsp3) is 0.471. The number of hydrogen-bond donors (Lipinski definition) is 9. The number of rotatable bonds is 24. The number of carbonyl (C=O) groups is 8. The molecule has 3 aromatic rings. The summed E-state index contributed by atoms with van der Waals surface area (Å²) in [7, 11) is 1.20. The standard InChI is InChI=1S/C51H68IN12O10P/c1-73-49(71)38(22-12-26-55-50(53)61-75-52)59-51(72)64(31-35-17-7-3-8-18-35)60-46(68)42-24-14-28-63(42)48(70)40(33-74-32-36-19-9-4-10-20-36)58-44(66)39(29-34-15-5-2-6-16-34)57-43(65)30-56-45(67)41-23-13-27-62(41)47(69)37-21-11-25-54-37/h2-10,15-20,37-42,54,75H,11-14,21-33H2,1H3,(H,56,67)(H,57,65)(H,58,66)(H,59,72)(H,60,68)(H3,53,55,61)/t37-,38-,39-,40-,41-,42-/m0/s1. The van der Waals surface area contributed by atoms with E-state index < -0.39 is 78.3 Å². The van der Waals surface area contributed by atoms with Crippen LogP contribution in [0, 0.1) is 5.41 Å². The minimum atomic E-state index is -1.36. The summed E-state index contributed by atoms with van der Waals surface area (Å²) in [6.07, 6.45) is 4.12. The monoisotopic (exact) mass is 1170 g/mol. The Morgan fingerprint density at radius 3 is 2.04 bits per heavy atom. The molecule has 1 unspecified atom stereocenters. The van der Waals surface area contributed by atoms with Gasteiger partial charge in [-0.05, 0) is 96.6 Å². The van der Waals surface area contributed by atoms with Gasteiger partial charge in [-0.3, -0.25) is 39.6 Å². The van der Waals surface area contributed by atoms with Crippen LogP contribution in [0.1, 0.15) is 68.1 Å². The molecule has 3 aliphatic heterocycles. The smallest absolute Gasteiger partial charge is 0.337 e. The molecule has 3 fully saturated rings. The number of hydrogen-bond acceptors (Lipinski definition) is 12. The molecule has 75 heavy (non-hydrogen) atoms. The highest BCUT2D eigenvalue weighted by Crippen LogP contribution is 2.22. The third kappa shape index (κ3) is 17.9. The number of benzene rings is 3. The van der Waals surface area contributed by atoms with Crippen molar-refractivity contribution in [1.82, 2.24) is 57.2 Å². The molecule has 3 aromatic carbocycles. The van der Waals surface area contributed by atoms with Crippen LogP contribution in [0.4, 0.5) is 4.79 Å². The summed E-state index contributed by atoms with van der Waals surface area (Å²) in [6, 6.07) is 20.3. The average molecular weight is 1170 g/mol. The Morgan fingerprint density at radius 2 is 1.40 bits per heavy atom. The number of likely N-dealkylation sites (tertiary alicyclic amines) is 2. The lowest BCUT2D eigenvalue weighted by molar-refractivity contribution is -0.144. The van der Waals surface area contributed by atoms with Crippen LogP contribution in [0.25, 0.3) is 0 Å². The first kappa shape index (κ1) is 57.8. The van der Waals surface area contributed by atoms with Gasteiger partial charge in [0.2, 0.25) is 29.5 Å². The normalized spacial score (nSPS) is 18.3. The number of halogens is 1. The molecule has 3 aliphatic rings. The second kappa shape index (κ2) is 30.2. The van der Waals surface area contributed by atoms with Gasteiger partial charge in [0.15, 0.2) is 5.96 Å². The van der Waals surface area contributed by atoms with Crippen LogP contribution in [0.3, 0.4) is 0 Å². The second-order valence-corrected chi connectivity index (χ2v) is 20.4. The van der Waals surface area contributed by atoms with Gasteiger partial charge in [-0.1, -0.05) is 91.0 Å². The lowest BCUT2D eigenvalue weighted by Crippen LogP contribution is -2.60. The summed E-state index contributed by atoms with van der Waals surface area (Å²) in [5.74, 6) is -3.93. The van der Waals surface area contributed by atoms with Gasteiger partial charge in [0.25, 0.3) is 5.91 Å². The van der Waals surface area contributed by atoms with Crippen molar-refractivity contribution < 1.29 is 47.8 Å². The van der Waals surface area contributed by atoms with E-state index in [-0.39, 0.29) is 69.8 Å². The molecule has 0 aromatic heterocycles. The first-order valence-electron chi connectivity index (χ1n) is 25.2. The van der Waals surface area contributed by atoms with E-state index in [0.717, 1.165) is 23.5 Å². The number of nitrogens with zero attached hydrogens (tertiary/aromatic N) is 3. The number of ether oxygens (including phenoxy) is 2. The maximum atomic E-state index is 14.8. The molecule has 0 aliphatic carbocycles. The van der Waals surface area contributed by atoms with Gasteiger partial charge in [-0.2, -0.15) is 0 Å².